The molecule has 5 heteroatoms. The van der Waals surface area contributed by atoms with Crippen LogP contribution in [0.15, 0.2) is 42.5 Å². The molecule has 0 atom stereocenters. The molecule has 0 spiro atoms. The van der Waals surface area contributed by atoms with Gasteiger partial charge in [-0.15, -0.1) is 0 Å². The van der Waals surface area contributed by atoms with Crippen molar-refractivity contribution in [3.8, 4) is 5.75 Å². The van der Waals surface area contributed by atoms with E-state index >= 15 is 0 Å². The van der Waals surface area contributed by atoms with Gasteiger partial charge in [0.25, 0.3) is 11.8 Å². The van der Waals surface area contributed by atoms with E-state index in [1.54, 1.807) is 43.5 Å². The van der Waals surface area contributed by atoms with Gasteiger partial charge in [0, 0.05) is 17.3 Å². The standard InChI is InChI=1S/C21H24N2O3/c1-14-7-12-19(26-2)18(13-14)21(25)23-17-10-8-15(9-11-17)20(24)22-16-5-3-4-6-16/h7-13,16H,3-6H2,1-2H3,(H,22,24)(H,23,25). The summed E-state index contributed by atoms with van der Waals surface area (Å²) in [6, 6.07) is 12.7. The van der Waals surface area contributed by atoms with Crippen LogP contribution in [0.25, 0.3) is 0 Å². The van der Waals surface area contributed by atoms with E-state index in [1.165, 1.54) is 12.8 Å². The quantitative estimate of drug-likeness (QED) is 0.857. The molecule has 3 rings (SSSR count). The summed E-state index contributed by atoms with van der Waals surface area (Å²) in [5.41, 5.74) is 2.70. The van der Waals surface area contributed by atoms with Gasteiger partial charge in [-0.05, 0) is 56.2 Å². The van der Waals surface area contributed by atoms with Crippen molar-refractivity contribution >= 4 is 17.5 Å². The van der Waals surface area contributed by atoms with Gasteiger partial charge >= 0.3 is 0 Å². The molecule has 0 aromatic heterocycles. The van der Waals surface area contributed by atoms with E-state index in [9.17, 15) is 9.59 Å². The number of hydrogen-bond donors (Lipinski definition) is 2. The Morgan fingerprint density at radius 1 is 1.00 bits per heavy atom. The Labute approximate surface area is 153 Å². The number of methoxy groups -OCH3 is 1. The maximum absolute atomic E-state index is 12.5. The van der Waals surface area contributed by atoms with Crippen molar-refractivity contribution in [1.82, 2.24) is 5.32 Å². The zero-order valence-corrected chi connectivity index (χ0v) is 15.2. The number of amides is 2. The molecule has 5 nitrogen and oxygen atoms in total. The fraction of sp³-hybridized carbons (Fsp3) is 0.333. The SMILES string of the molecule is COc1ccc(C)cc1C(=O)Nc1ccc(C(=O)NC2CCCC2)cc1. The molecule has 0 unspecified atom stereocenters. The van der Waals surface area contributed by atoms with Crippen LogP contribution in [-0.2, 0) is 0 Å². The van der Waals surface area contributed by atoms with Crippen molar-refractivity contribution in [3.63, 3.8) is 0 Å². The van der Waals surface area contributed by atoms with Crippen LogP contribution in [0.5, 0.6) is 5.75 Å². The summed E-state index contributed by atoms with van der Waals surface area (Å²) in [4.78, 5) is 24.8. The Balaban J connectivity index is 1.66. The molecule has 2 N–H and O–H groups in total. The summed E-state index contributed by atoms with van der Waals surface area (Å²) in [5.74, 6) is 0.226. The number of ether oxygens (including phenoxy) is 1. The third kappa shape index (κ3) is 4.23. The van der Waals surface area contributed by atoms with Crippen LogP contribution in [0.3, 0.4) is 0 Å². The first-order chi connectivity index (χ1) is 12.6. The minimum absolute atomic E-state index is 0.0601. The molecular formula is C21H24N2O3. The molecule has 0 radical (unpaired) electrons. The zero-order valence-electron chi connectivity index (χ0n) is 15.2. The average Bonchev–Trinajstić information content (AvgIpc) is 3.15. The smallest absolute Gasteiger partial charge is 0.259 e. The number of benzene rings is 2. The number of nitrogens with one attached hydrogen (secondary N) is 2. The summed E-state index contributed by atoms with van der Waals surface area (Å²) in [5, 5.41) is 5.91. The number of carbonyl (C=O) groups is 2. The molecule has 1 aliphatic rings. The third-order valence-corrected chi connectivity index (χ3v) is 4.69. The lowest BCUT2D eigenvalue weighted by Gasteiger charge is -2.13. The fourth-order valence-electron chi connectivity index (χ4n) is 3.24. The van der Waals surface area contributed by atoms with Gasteiger partial charge in [-0.2, -0.15) is 0 Å². The summed E-state index contributed by atoms with van der Waals surface area (Å²) in [6.45, 7) is 1.92. The van der Waals surface area contributed by atoms with Gasteiger partial charge in [0.05, 0.1) is 12.7 Å². The monoisotopic (exact) mass is 352 g/mol. The minimum Gasteiger partial charge on any atom is -0.496 e. The fourth-order valence-corrected chi connectivity index (χ4v) is 3.24. The number of carbonyl (C=O) groups excluding carboxylic acids is 2. The lowest BCUT2D eigenvalue weighted by atomic mass is 10.1. The third-order valence-electron chi connectivity index (χ3n) is 4.69. The molecule has 2 aromatic carbocycles. The molecule has 1 aliphatic carbocycles. The summed E-state index contributed by atoms with van der Waals surface area (Å²) >= 11 is 0. The number of hydrogen-bond acceptors (Lipinski definition) is 3. The molecule has 0 saturated heterocycles. The maximum atomic E-state index is 12.5. The van der Waals surface area contributed by atoms with E-state index < -0.39 is 0 Å². The van der Waals surface area contributed by atoms with Crippen molar-refractivity contribution in [2.45, 2.75) is 38.6 Å². The second-order valence-corrected chi connectivity index (χ2v) is 6.69. The first kappa shape index (κ1) is 18.0. The first-order valence-corrected chi connectivity index (χ1v) is 8.94. The molecule has 0 bridgehead atoms. The highest BCUT2D eigenvalue weighted by Gasteiger charge is 2.18. The second-order valence-electron chi connectivity index (χ2n) is 6.69. The van der Waals surface area contributed by atoms with E-state index in [0.717, 1.165) is 18.4 Å². The largest absolute Gasteiger partial charge is 0.496 e. The normalized spacial score (nSPS) is 14.1. The highest BCUT2D eigenvalue weighted by atomic mass is 16.5. The van der Waals surface area contributed by atoms with Gasteiger partial charge in [-0.1, -0.05) is 24.5 Å². The van der Waals surface area contributed by atoms with Gasteiger partial charge in [-0.25, -0.2) is 0 Å². The van der Waals surface area contributed by atoms with E-state index in [2.05, 4.69) is 10.6 Å². The number of rotatable bonds is 5. The molecule has 136 valence electrons. The molecule has 1 saturated carbocycles. The molecule has 0 aliphatic heterocycles. The lowest BCUT2D eigenvalue weighted by Crippen LogP contribution is -2.32. The minimum atomic E-state index is -0.242. The van der Waals surface area contributed by atoms with Crippen molar-refractivity contribution < 1.29 is 14.3 Å². The molecule has 1 fully saturated rings. The Bertz CT molecular complexity index is 793. The topological polar surface area (TPSA) is 67.4 Å². The molecule has 2 amide bonds. The van der Waals surface area contributed by atoms with E-state index in [-0.39, 0.29) is 17.9 Å². The highest BCUT2D eigenvalue weighted by Crippen LogP contribution is 2.22. The summed E-state index contributed by atoms with van der Waals surface area (Å²) in [6.07, 6.45) is 4.47. The predicted molar refractivity (Wildman–Crippen MR) is 102 cm³/mol. The Hall–Kier alpha value is -2.82. The second kappa shape index (κ2) is 8.04. The van der Waals surface area contributed by atoms with Crippen LogP contribution in [0.4, 0.5) is 5.69 Å². The van der Waals surface area contributed by atoms with E-state index in [1.807, 2.05) is 13.0 Å². The van der Waals surface area contributed by atoms with Gasteiger partial charge in [-0.3, -0.25) is 9.59 Å². The highest BCUT2D eigenvalue weighted by molar-refractivity contribution is 6.06. The van der Waals surface area contributed by atoms with Crippen LogP contribution in [0, 0.1) is 6.92 Å². The first-order valence-electron chi connectivity index (χ1n) is 8.94. The maximum Gasteiger partial charge on any atom is 0.259 e. The van der Waals surface area contributed by atoms with Crippen molar-refractivity contribution in [1.29, 1.82) is 0 Å². The van der Waals surface area contributed by atoms with Gasteiger partial charge in [0.1, 0.15) is 5.75 Å². The van der Waals surface area contributed by atoms with Gasteiger partial charge in [0.2, 0.25) is 0 Å². The summed E-state index contributed by atoms with van der Waals surface area (Å²) in [7, 11) is 1.54. The predicted octanol–water partition coefficient (Wildman–Crippen LogP) is 3.93. The Morgan fingerprint density at radius 2 is 1.69 bits per heavy atom. The van der Waals surface area contributed by atoms with Crippen LogP contribution in [-0.4, -0.2) is 25.0 Å². The van der Waals surface area contributed by atoms with Crippen molar-refractivity contribution in [2.75, 3.05) is 12.4 Å². The van der Waals surface area contributed by atoms with Crippen molar-refractivity contribution in [3.05, 3.63) is 59.2 Å². The van der Waals surface area contributed by atoms with E-state index in [4.69, 9.17) is 4.74 Å². The summed E-state index contributed by atoms with van der Waals surface area (Å²) < 4.78 is 5.26. The number of aryl methyl sites for hydroxylation is 1. The van der Waals surface area contributed by atoms with Crippen LogP contribution in [0.1, 0.15) is 52.0 Å². The van der Waals surface area contributed by atoms with Crippen LogP contribution in [0.2, 0.25) is 0 Å². The lowest BCUT2D eigenvalue weighted by molar-refractivity contribution is 0.0937. The van der Waals surface area contributed by atoms with E-state index in [0.29, 0.717) is 22.6 Å². The van der Waals surface area contributed by atoms with Gasteiger partial charge < -0.3 is 15.4 Å². The molecular weight excluding hydrogens is 328 g/mol. The number of anilines is 1. The average molecular weight is 352 g/mol. The molecule has 2 aromatic rings. The molecule has 0 heterocycles. The van der Waals surface area contributed by atoms with Crippen LogP contribution >= 0.6 is 0 Å². The Kier molecular flexibility index (Phi) is 5.56. The Morgan fingerprint density at radius 3 is 2.35 bits per heavy atom. The van der Waals surface area contributed by atoms with Crippen molar-refractivity contribution in [2.24, 2.45) is 0 Å². The zero-order chi connectivity index (χ0) is 18.5. The van der Waals surface area contributed by atoms with Crippen LogP contribution < -0.4 is 15.4 Å². The van der Waals surface area contributed by atoms with Gasteiger partial charge in [0.15, 0.2) is 0 Å². The molecule has 26 heavy (non-hydrogen) atoms.